The second-order valence-electron chi connectivity index (χ2n) is 6.94. The highest BCUT2D eigenvalue weighted by Crippen LogP contribution is 2.15. The number of furan rings is 1. The van der Waals surface area contributed by atoms with Crippen LogP contribution in [-0.2, 0) is 31.4 Å². The Morgan fingerprint density at radius 2 is 1.59 bits per heavy atom. The van der Waals surface area contributed by atoms with Crippen molar-refractivity contribution in [2.24, 2.45) is 0 Å². The van der Waals surface area contributed by atoms with E-state index in [1.54, 1.807) is 37.3 Å². The van der Waals surface area contributed by atoms with Crippen molar-refractivity contribution in [2.45, 2.75) is 29.7 Å². The number of hydrogen-bond donors (Lipinski definition) is 3. The van der Waals surface area contributed by atoms with Crippen LogP contribution in [0.4, 0.5) is 5.69 Å². The van der Waals surface area contributed by atoms with Crippen LogP contribution >= 0.6 is 0 Å². The Kier molecular flexibility index (Phi) is 7.46. The van der Waals surface area contributed by atoms with Gasteiger partial charge in [0, 0.05) is 18.7 Å². The van der Waals surface area contributed by atoms with Crippen LogP contribution < -0.4 is 14.8 Å². The van der Waals surface area contributed by atoms with Crippen LogP contribution in [0, 0.1) is 6.92 Å². The lowest BCUT2D eigenvalue weighted by atomic mass is 10.2. The normalized spacial score (nSPS) is 11.9. The molecule has 9 nitrogen and oxygen atoms in total. The fourth-order valence-corrected chi connectivity index (χ4v) is 4.90. The molecule has 0 atom stereocenters. The molecular formula is C21H23N3O6S2. The topological polar surface area (TPSA) is 135 Å². The maximum atomic E-state index is 12.3. The summed E-state index contributed by atoms with van der Waals surface area (Å²) in [6.45, 7) is 1.73. The average Bonchev–Trinajstić information content (AvgIpc) is 3.26. The van der Waals surface area contributed by atoms with Gasteiger partial charge in [-0.2, -0.15) is 0 Å². The molecule has 1 heterocycles. The lowest BCUT2D eigenvalue weighted by Crippen LogP contribution is -2.28. The van der Waals surface area contributed by atoms with Gasteiger partial charge in [0.05, 0.1) is 22.6 Å². The van der Waals surface area contributed by atoms with Gasteiger partial charge in [0.25, 0.3) is 0 Å². The minimum Gasteiger partial charge on any atom is -0.468 e. The van der Waals surface area contributed by atoms with E-state index in [9.17, 15) is 21.6 Å². The predicted molar refractivity (Wildman–Crippen MR) is 119 cm³/mol. The molecule has 1 aromatic heterocycles. The summed E-state index contributed by atoms with van der Waals surface area (Å²) in [5.41, 5.74) is 1.20. The summed E-state index contributed by atoms with van der Waals surface area (Å²) in [4.78, 5) is 12.3. The minimum atomic E-state index is -3.74. The molecule has 1 amide bonds. The van der Waals surface area contributed by atoms with Crippen molar-refractivity contribution in [1.82, 2.24) is 9.44 Å². The first-order valence-electron chi connectivity index (χ1n) is 9.64. The Balaban J connectivity index is 1.50. The standard InChI is InChI=1S/C21H23N3O6S2/c1-16-4-2-6-20(14-16)32(28,29)22-12-11-21(25)24-17-7-9-19(10-8-17)31(26,27)23-15-18-5-3-13-30-18/h2-10,13-14,22-23H,11-12,15H2,1H3,(H,24,25). The SMILES string of the molecule is Cc1cccc(S(=O)(=O)NCCC(=O)Nc2ccc(S(=O)(=O)NCc3ccco3)cc2)c1. The van der Waals surface area contributed by atoms with Gasteiger partial charge >= 0.3 is 0 Å². The third-order valence-electron chi connectivity index (χ3n) is 4.41. The first kappa shape index (κ1) is 23.7. The fourth-order valence-electron chi connectivity index (χ4n) is 2.77. The molecule has 3 aromatic rings. The molecule has 0 saturated carbocycles. The van der Waals surface area contributed by atoms with Crippen molar-refractivity contribution in [3.8, 4) is 0 Å². The number of carbonyl (C=O) groups excluding carboxylic acids is 1. The summed E-state index contributed by atoms with van der Waals surface area (Å²) < 4.78 is 59.1. The number of nitrogens with one attached hydrogen (secondary N) is 3. The van der Waals surface area contributed by atoms with Crippen molar-refractivity contribution in [1.29, 1.82) is 0 Å². The van der Waals surface area contributed by atoms with Gasteiger partial charge in [-0.3, -0.25) is 4.79 Å². The number of carbonyl (C=O) groups is 1. The van der Waals surface area contributed by atoms with E-state index < -0.39 is 26.0 Å². The van der Waals surface area contributed by atoms with Crippen LogP contribution in [0.3, 0.4) is 0 Å². The monoisotopic (exact) mass is 477 g/mol. The van der Waals surface area contributed by atoms with Gasteiger partial charge in [0.1, 0.15) is 5.76 Å². The van der Waals surface area contributed by atoms with Crippen LogP contribution in [-0.4, -0.2) is 29.3 Å². The number of sulfonamides is 2. The smallest absolute Gasteiger partial charge is 0.240 e. The molecule has 0 aliphatic carbocycles. The van der Waals surface area contributed by atoms with E-state index >= 15 is 0 Å². The Labute approximate surface area is 186 Å². The Morgan fingerprint density at radius 3 is 2.25 bits per heavy atom. The minimum absolute atomic E-state index is 0.0201. The van der Waals surface area contributed by atoms with Gasteiger partial charge in [-0.25, -0.2) is 26.3 Å². The van der Waals surface area contributed by atoms with Gasteiger partial charge in [0.15, 0.2) is 0 Å². The van der Waals surface area contributed by atoms with E-state index in [2.05, 4.69) is 14.8 Å². The number of hydrogen-bond acceptors (Lipinski definition) is 6. The van der Waals surface area contributed by atoms with E-state index in [4.69, 9.17) is 4.42 Å². The summed E-state index contributed by atoms with van der Waals surface area (Å²) in [6.07, 6.45) is 1.37. The van der Waals surface area contributed by atoms with E-state index in [1.807, 2.05) is 0 Å². The quantitative estimate of drug-likeness (QED) is 0.410. The number of rotatable bonds is 10. The van der Waals surface area contributed by atoms with Gasteiger partial charge < -0.3 is 9.73 Å². The van der Waals surface area contributed by atoms with Crippen LogP contribution in [0.15, 0.2) is 81.1 Å². The largest absolute Gasteiger partial charge is 0.468 e. The predicted octanol–water partition coefficient (Wildman–Crippen LogP) is 2.37. The lowest BCUT2D eigenvalue weighted by molar-refractivity contribution is -0.116. The number of amides is 1. The molecule has 170 valence electrons. The van der Waals surface area contributed by atoms with Crippen LogP contribution in [0.5, 0.6) is 0 Å². The van der Waals surface area contributed by atoms with Gasteiger partial charge in [0.2, 0.25) is 26.0 Å². The molecule has 0 saturated heterocycles. The summed E-state index contributed by atoms with van der Waals surface area (Å²) in [6, 6.07) is 15.4. The average molecular weight is 478 g/mol. The molecule has 3 rings (SSSR count). The molecule has 0 radical (unpaired) electrons. The van der Waals surface area contributed by atoms with Gasteiger partial charge in [-0.05, 0) is 61.0 Å². The third-order valence-corrected chi connectivity index (χ3v) is 7.28. The highest BCUT2D eigenvalue weighted by atomic mass is 32.2. The van der Waals surface area contributed by atoms with Gasteiger partial charge in [-0.1, -0.05) is 12.1 Å². The van der Waals surface area contributed by atoms with Crippen molar-refractivity contribution >= 4 is 31.6 Å². The van der Waals surface area contributed by atoms with E-state index in [-0.39, 0.29) is 29.3 Å². The van der Waals surface area contributed by atoms with E-state index in [0.29, 0.717) is 11.4 Å². The van der Waals surface area contributed by atoms with E-state index in [0.717, 1.165) is 5.56 Å². The van der Waals surface area contributed by atoms with Crippen molar-refractivity contribution in [3.63, 3.8) is 0 Å². The molecule has 0 bridgehead atoms. The van der Waals surface area contributed by atoms with Crippen LogP contribution in [0.1, 0.15) is 17.7 Å². The maximum absolute atomic E-state index is 12.3. The first-order chi connectivity index (χ1) is 15.2. The first-order valence-corrected chi connectivity index (χ1v) is 12.6. The zero-order valence-corrected chi connectivity index (χ0v) is 18.9. The van der Waals surface area contributed by atoms with Crippen molar-refractivity contribution in [3.05, 3.63) is 78.3 Å². The number of aryl methyl sites for hydroxylation is 1. The maximum Gasteiger partial charge on any atom is 0.240 e. The highest BCUT2D eigenvalue weighted by Gasteiger charge is 2.16. The summed E-state index contributed by atoms with van der Waals surface area (Å²) in [5, 5.41) is 2.61. The number of benzene rings is 2. The highest BCUT2D eigenvalue weighted by molar-refractivity contribution is 7.89. The lowest BCUT2D eigenvalue weighted by Gasteiger charge is -2.09. The zero-order valence-electron chi connectivity index (χ0n) is 17.2. The molecule has 0 aliphatic rings. The van der Waals surface area contributed by atoms with Gasteiger partial charge in [-0.15, -0.1) is 0 Å². The Bertz CT molecular complexity index is 1270. The Morgan fingerprint density at radius 1 is 0.875 bits per heavy atom. The molecule has 0 spiro atoms. The third kappa shape index (κ3) is 6.50. The zero-order chi connectivity index (χ0) is 23.2. The molecule has 0 aliphatic heterocycles. The molecule has 0 unspecified atom stereocenters. The van der Waals surface area contributed by atoms with E-state index in [1.165, 1.54) is 36.6 Å². The molecule has 0 fully saturated rings. The molecule has 11 heteroatoms. The van der Waals surface area contributed by atoms with Crippen molar-refractivity contribution in [2.75, 3.05) is 11.9 Å². The van der Waals surface area contributed by atoms with Crippen LogP contribution in [0.25, 0.3) is 0 Å². The summed E-state index contributed by atoms with van der Waals surface area (Å²) in [7, 11) is -7.45. The molecule has 3 N–H and O–H groups in total. The second-order valence-corrected chi connectivity index (χ2v) is 10.5. The Hall–Kier alpha value is -2.99. The number of anilines is 1. The summed E-state index contributed by atoms with van der Waals surface area (Å²) in [5.74, 6) is 0.0685. The molecule has 32 heavy (non-hydrogen) atoms. The molecule has 2 aromatic carbocycles. The molecular weight excluding hydrogens is 454 g/mol. The van der Waals surface area contributed by atoms with Crippen molar-refractivity contribution < 1.29 is 26.0 Å². The fraction of sp³-hybridized carbons (Fsp3) is 0.190. The van der Waals surface area contributed by atoms with Crippen LogP contribution in [0.2, 0.25) is 0 Å². The second kappa shape index (κ2) is 10.1. The summed E-state index contributed by atoms with van der Waals surface area (Å²) >= 11 is 0.